The number of halogens is 1. The summed E-state index contributed by atoms with van der Waals surface area (Å²) in [5.74, 6) is 0. The van der Waals surface area contributed by atoms with Crippen LogP contribution in [-0.2, 0) is 20.5 Å². The number of pyridine rings is 1. The van der Waals surface area contributed by atoms with Gasteiger partial charge >= 0.3 is 0 Å². The summed E-state index contributed by atoms with van der Waals surface area (Å²) < 4.78 is 3.78. The van der Waals surface area contributed by atoms with Gasteiger partial charge in [0.25, 0.3) is 0 Å². The first-order valence-electron chi connectivity index (χ1n) is 9.03. The van der Waals surface area contributed by atoms with E-state index in [2.05, 4.69) is 28.3 Å². The summed E-state index contributed by atoms with van der Waals surface area (Å²) in [6.45, 7) is 0.548. The van der Waals surface area contributed by atoms with Crippen molar-refractivity contribution in [3.05, 3.63) is 64.8 Å². The molecule has 3 aromatic heterocycles. The first-order chi connectivity index (χ1) is 13.6. The van der Waals surface area contributed by atoms with E-state index in [1.807, 2.05) is 47.7 Å². The fraction of sp³-hybridized carbons (Fsp3) is 0.190. The summed E-state index contributed by atoms with van der Waals surface area (Å²) >= 11 is 6.48. The first kappa shape index (κ1) is 18.4. The van der Waals surface area contributed by atoms with E-state index in [-0.39, 0.29) is 0 Å². The van der Waals surface area contributed by atoms with Crippen LogP contribution in [0.1, 0.15) is 16.8 Å². The summed E-state index contributed by atoms with van der Waals surface area (Å²) in [5, 5.41) is 5.95. The summed E-state index contributed by atoms with van der Waals surface area (Å²) in [6, 6.07) is 8.06. The maximum Gasteiger partial charge on any atom is 0.0948 e. The third kappa shape index (κ3) is 3.44. The van der Waals surface area contributed by atoms with Crippen molar-refractivity contribution >= 4 is 34.7 Å². The first-order valence-corrected chi connectivity index (χ1v) is 9.40. The Morgan fingerprint density at radius 3 is 2.71 bits per heavy atom. The smallest absolute Gasteiger partial charge is 0.0948 e. The van der Waals surface area contributed by atoms with E-state index in [4.69, 9.17) is 22.3 Å². The van der Waals surface area contributed by atoms with Crippen LogP contribution in [0.2, 0.25) is 5.02 Å². The zero-order chi connectivity index (χ0) is 19.7. The predicted molar refractivity (Wildman–Crippen MR) is 114 cm³/mol. The van der Waals surface area contributed by atoms with Gasteiger partial charge in [-0.05, 0) is 54.4 Å². The lowest BCUT2D eigenvalue weighted by Crippen LogP contribution is -2.03. The zero-order valence-corrected chi connectivity index (χ0v) is 16.6. The van der Waals surface area contributed by atoms with Crippen LogP contribution >= 0.6 is 11.6 Å². The van der Waals surface area contributed by atoms with Crippen LogP contribution in [0.3, 0.4) is 0 Å². The molecule has 0 atom stereocenters. The molecule has 0 fully saturated rings. The molecule has 4 aromatic rings. The predicted octanol–water partition coefficient (Wildman–Crippen LogP) is 3.69. The average molecular weight is 393 g/mol. The zero-order valence-electron chi connectivity index (χ0n) is 15.8. The van der Waals surface area contributed by atoms with Crippen molar-refractivity contribution in [3.63, 3.8) is 0 Å². The molecule has 0 amide bonds. The molecule has 142 valence electrons. The molecule has 0 saturated carbocycles. The molecule has 0 aliphatic carbocycles. The highest BCUT2D eigenvalue weighted by molar-refractivity contribution is 6.32. The average Bonchev–Trinajstić information content (AvgIpc) is 3.28. The van der Waals surface area contributed by atoms with Gasteiger partial charge in [-0.2, -0.15) is 5.10 Å². The number of benzene rings is 1. The monoisotopic (exact) mass is 392 g/mol. The number of aryl methyl sites for hydroxylation is 2. The molecule has 0 saturated heterocycles. The largest absolute Gasteiger partial charge is 0.332 e. The van der Waals surface area contributed by atoms with Crippen molar-refractivity contribution in [1.29, 1.82) is 0 Å². The molecule has 1 aromatic carbocycles. The maximum absolute atomic E-state index is 6.48. The molecule has 28 heavy (non-hydrogen) atoms. The minimum Gasteiger partial charge on any atom is -0.332 e. The lowest BCUT2D eigenvalue weighted by Gasteiger charge is -2.11. The Morgan fingerprint density at radius 2 is 2.04 bits per heavy atom. The topological polar surface area (TPSA) is 74.5 Å². The molecule has 7 heteroatoms. The van der Waals surface area contributed by atoms with Gasteiger partial charge in [-0.15, -0.1) is 0 Å². The molecular weight excluding hydrogens is 372 g/mol. The van der Waals surface area contributed by atoms with Gasteiger partial charge in [-0.25, -0.2) is 9.97 Å². The Kier molecular flexibility index (Phi) is 4.98. The van der Waals surface area contributed by atoms with Gasteiger partial charge in [-0.3, -0.25) is 4.68 Å². The second-order valence-electron chi connectivity index (χ2n) is 6.70. The second kappa shape index (κ2) is 7.58. The highest BCUT2D eigenvalue weighted by Gasteiger charge is 2.12. The fourth-order valence-electron chi connectivity index (χ4n) is 3.26. The van der Waals surface area contributed by atoms with E-state index < -0.39 is 0 Å². The molecule has 0 spiro atoms. The normalized spacial score (nSPS) is 11.7. The Hall–Kier alpha value is -2.96. The summed E-state index contributed by atoms with van der Waals surface area (Å²) in [5.41, 5.74) is 11.5. The van der Waals surface area contributed by atoms with Gasteiger partial charge < -0.3 is 10.3 Å². The minimum atomic E-state index is 0.548. The lowest BCUT2D eigenvalue weighted by molar-refractivity contribution is 0.760. The van der Waals surface area contributed by atoms with Crippen molar-refractivity contribution < 1.29 is 0 Å². The molecule has 4 rings (SSSR count). The molecular formula is C21H21ClN6. The van der Waals surface area contributed by atoms with Crippen molar-refractivity contribution in [2.24, 2.45) is 19.8 Å². The van der Waals surface area contributed by atoms with Crippen LogP contribution in [0.5, 0.6) is 0 Å². The van der Waals surface area contributed by atoms with Crippen molar-refractivity contribution in [3.8, 4) is 11.4 Å². The molecule has 3 heterocycles. The van der Waals surface area contributed by atoms with Gasteiger partial charge in [0.15, 0.2) is 0 Å². The third-order valence-electron chi connectivity index (χ3n) is 4.79. The fourth-order valence-corrected chi connectivity index (χ4v) is 3.51. The van der Waals surface area contributed by atoms with E-state index in [9.17, 15) is 0 Å². The van der Waals surface area contributed by atoms with Gasteiger partial charge in [0.2, 0.25) is 0 Å². The summed E-state index contributed by atoms with van der Waals surface area (Å²) in [6.07, 6.45) is 10.2. The minimum absolute atomic E-state index is 0.548. The highest BCUT2D eigenvalue weighted by atomic mass is 35.5. The SMILES string of the molecule is Cn1cncc1-c1cc(/C=C/c2ccnn2C)c2cc(CCN)c(Cl)cc2n1. The number of hydrogen-bond donors (Lipinski definition) is 1. The molecule has 2 N–H and O–H groups in total. The number of imidazole rings is 1. The third-order valence-corrected chi connectivity index (χ3v) is 5.15. The Bertz CT molecular complexity index is 1170. The van der Waals surface area contributed by atoms with E-state index >= 15 is 0 Å². The van der Waals surface area contributed by atoms with Crippen LogP contribution in [0.25, 0.3) is 34.4 Å². The molecule has 6 nitrogen and oxygen atoms in total. The lowest BCUT2D eigenvalue weighted by atomic mass is 10.0. The van der Waals surface area contributed by atoms with Crippen molar-refractivity contribution in [1.82, 2.24) is 24.3 Å². The second-order valence-corrected chi connectivity index (χ2v) is 7.11. The molecule has 0 unspecified atom stereocenters. The maximum atomic E-state index is 6.48. The van der Waals surface area contributed by atoms with Crippen molar-refractivity contribution in [2.75, 3.05) is 6.54 Å². The standard InChI is InChI=1S/C21H21ClN6/c1-27-13-24-12-21(27)20-10-14(3-4-16-6-8-25-28(16)2)17-9-15(5-7-23)18(22)11-19(17)26-20/h3-4,6,8-13H,5,7,23H2,1-2H3/b4-3+. The number of aromatic nitrogens is 5. The highest BCUT2D eigenvalue weighted by Crippen LogP contribution is 2.30. The molecule has 0 aliphatic rings. The van der Waals surface area contributed by atoms with Crippen LogP contribution in [0.15, 0.2) is 43.0 Å². The molecule has 0 radical (unpaired) electrons. The number of rotatable bonds is 5. The number of nitrogens with two attached hydrogens (primary N) is 1. The van der Waals surface area contributed by atoms with Crippen molar-refractivity contribution in [2.45, 2.75) is 6.42 Å². The van der Waals surface area contributed by atoms with Crippen LogP contribution in [0, 0.1) is 0 Å². The van der Waals surface area contributed by atoms with E-state index in [0.29, 0.717) is 11.6 Å². The van der Waals surface area contributed by atoms with E-state index in [0.717, 1.165) is 45.5 Å². The van der Waals surface area contributed by atoms with E-state index in [1.54, 1.807) is 12.5 Å². The quantitative estimate of drug-likeness (QED) is 0.562. The van der Waals surface area contributed by atoms with Crippen LogP contribution in [-0.4, -0.2) is 30.9 Å². The Morgan fingerprint density at radius 1 is 1.18 bits per heavy atom. The summed E-state index contributed by atoms with van der Waals surface area (Å²) in [7, 11) is 3.88. The van der Waals surface area contributed by atoms with Gasteiger partial charge in [0, 0.05) is 30.7 Å². The van der Waals surface area contributed by atoms with Gasteiger partial charge in [-0.1, -0.05) is 17.7 Å². The van der Waals surface area contributed by atoms with E-state index in [1.165, 1.54) is 0 Å². The van der Waals surface area contributed by atoms with Crippen LogP contribution in [0.4, 0.5) is 0 Å². The number of hydrogen-bond acceptors (Lipinski definition) is 4. The number of nitrogens with zero attached hydrogens (tertiary/aromatic N) is 5. The number of fused-ring (bicyclic) bond motifs is 1. The van der Waals surface area contributed by atoms with Gasteiger partial charge in [0.1, 0.15) is 0 Å². The molecule has 0 bridgehead atoms. The summed E-state index contributed by atoms with van der Waals surface area (Å²) in [4.78, 5) is 9.05. The van der Waals surface area contributed by atoms with Gasteiger partial charge in [0.05, 0.1) is 35.1 Å². The van der Waals surface area contributed by atoms with Crippen LogP contribution < -0.4 is 5.73 Å². The Labute approximate surface area is 168 Å². The molecule has 0 aliphatic heterocycles. The Balaban J connectivity index is 1.92.